The number of benzene rings is 4. The van der Waals surface area contributed by atoms with Gasteiger partial charge in [0.15, 0.2) is 5.60 Å². The number of methoxy groups -OCH3 is 1. The average Bonchev–Trinajstić information content (AvgIpc) is 3.70. The number of fused-ring (bicyclic) bond motifs is 1. The van der Waals surface area contributed by atoms with Crippen LogP contribution < -0.4 is 20.3 Å². The van der Waals surface area contributed by atoms with E-state index in [1.165, 1.54) is 37.7 Å². The molecule has 0 aliphatic heterocycles. The van der Waals surface area contributed by atoms with E-state index in [-0.39, 0.29) is 11.4 Å². The molecule has 0 aliphatic carbocycles. The van der Waals surface area contributed by atoms with Crippen LogP contribution in [-0.4, -0.2) is 53.8 Å². The van der Waals surface area contributed by atoms with Crippen molar-refractivity contribution in [3.8, 4) is 11.5 Å². The molecule has 0 bridgehead atoms. The Morgan fingerprint density at radius 1 is 0.800 bits per heavy atom. The molecule has 0 amide bonds. The molecule has 0 saturated heterocycles. The zero-order valence-electron chi connectivity index (χ0n) is 32.1. The Balaban J connectivity index is 0.844. The maximum Gasteiger partial charge on any atom is 0.248 e. The predicted octanol–water partition coefficient (Wildman–Crippen LogP) is 8.38. The van der Waals surface area contributed by atoms with Gasteiger partial charge in [-0.3, -0.25) is 9.69 Å². The molecule has 2 heterocycles. The highest BCUT2D eigenvalue weighted by Crippen LogP contribution is 2.36. The lowest BCUT2D eigenvalue weighted by Crippen LogP contribution is -2.29. The standard InChI is InChI=1S/C46H54N4O5/c1-50(33-40-32-48-45(55-40)46(52,37-16-10-8-11-17-37)38-18-12-9-13-19-38)31-15-7-5-3-4-6-14-29-47-30-28-36-22-26-42(44-41(36)25-27-43(51)49-44)54-34-35-20-23-39(53-2)24-21-35/h8-13,16-27,32,47,52H,3-7,14-15,28-31,33-34H2,1-2H3,(H,49,51). The van der Waals surface area contributed by atoms with Crippen molar-refractivity contribution in [3.05, 3.63) is 160 Å². The van der Waals surface area contributed by atoms with Gasteiger partial charge in [-0.25, -0.2) is 4.98 Å². The summed E-state index contributed by atoms with van der Waals surface area (Å²) in [6.45, 7) is 3.90. The zero-order chi connectivity index (χ0) is 38.3. The summed E-state index contributed by atoms with van der Waals surface area (Å²) >= 11 is 0. The van der Waals surface area contributed by atoms with Crippen molar-refractivity contribution in [1.29, 1.82) is 0 Å². The van der Waals surface area contributed by atoms with Crippen molar-refractivity contribution in [3.63, 3.8) is 0 Å². The highest BCUT2D eigenvalue weighted by Gasteiger charge is 2.38. The summed E-state index contributed by atoms with van der Waals surface area (Å²) in [5.74, 6) is 2.50. The second kappa shape index (κ2) is 19.9. The molecule has 0 saturated carbocycles. The lowest BCUT2D eigenvalue weighted by atomic mass is 9.86. The van der Waals surface area contributed by atoms with Gasteiger partial charge in [0.25, 0.3) is 0 Å². The number of aromatic amines is 1. The largest absolute Gasteiger partial charge is 0.497 e. The Bertz CT molecular complexity index is 2060. The number of aliphatic hydroxyl groups is 1. The topological polar surface area (TPSA) is 113 Å². The molecule has 0 fully saturated rings. The second-order valence-corrected chi connectivity index (χ2v) is 14.3. The quantitative estimate of drug-likeness (QED) is 0.0595. The number of H-pyrrole nitrogens is 1. The molecule has 2 aromatic heterocycles. The Morgan fingerprint density at radius 3 is 2.16 bits per heavy atom. The van der Waals surface area contributed by atoms with Crippen molar-refractivity contribution >= 4 is 10.9 Å². The predicted molar refractivity (Wildman–Crippen MR) is 219 cm³/mol. The van der Waals surface area contributed by atoms with Crippen molar-refractivity contribution in [2.45, 2.75) is 70.1 Å². The molecule has 4 aromatic carbocycles. The molecule has 288 valence electrons. The number of aromatic nitrogens is 2. The van der Waals surface area contributed by atoms with E-state index in [0.29, 0.717) is 18.9 Å². The summed E-state index contributed by atoms with van der Waals surface area (Å²) in [5, 5.41) is 16.6. The van der Waals surface area contributed by atoms with Gasteiger partial charge in [-0.1, -0.05) is 111 Å². The fourth-order valence-electron chi connectivity index (χ4n) is 7.04. The van der Waals surface area contributed by atoms with E-state index in [1.807, 2.05) is 97.1 Å². The first kappa shape index (κ1) is 39.5. The molecule has 0 atom stereocenters. The van der Waals surface area contributed by atoms with Crippen LogP contribution in [0, 0.1) is 0 Å². The van der Waals surface area contributed by atoms with Gasteiger partial charge >= 0.3 is 0 Å². The first-order valence-electron chi connectivity index (χ1n) is 19.5. The van der Waals surface area contributed by atoms with Crippen LogP contribution in [0.3, 0.4) is 0 Å². The molecular formula is C46H54N4O5. The number of rotatable bonds is 22. The zero-order valence-corrected chi connectivity index (χ0v) is 32.1. The number of nitrogens with one attached hydrogen (secondary N) is 2. The highest BCUT2D eigenvalue weighted by molar-refractivity contribution is 5.87. The maximum atomic E-state index is 12.2. The van der Waals surface area contributed by atoms with E-state index in [2.05, 4.69) is 33.3 Å². The summed E-state index contributed by atoms with van der Waals surface area (Å²) < 4.78 is 17.6. The molecule has 0 aliphatic rings. The lowest BCUT2D eigenvalue weighted by Gasteiger charge is -2.26. The minimum Gasteiger partial charge on any atom is -0.497 e. The van der Waals surface area contributed by atoms with Crippen LogP contribution in [0.4, 0.5) is 0 Å². The number of nitrogens with zero attached hydrogens (tertiary/aromatic N) is 2. The number of ether oxygens (including phenoxy) is 2. The monoisotopic (exact) mass is 742 g/mol. The van der Waals surface area contributed by atoms with Gasteiger partial charge in [-0.2, -0.15) is 0 Å². The normalized spacial score (nSPS) is 11.7. The summed E-state index contributed by atoms with van der Waals surface area (Å²) in [7, 11) is 3.76. The van der Waals surface area contributed by atoms with Crippen LogP contribution in [0.5, 0.6) is 11.5 Å². The van der Waals surface area contributed by atoms with Gasteiger partial charge in [-0.05, 0) is 92.5 Å². The minimum absolute atomic E-state index is 0.139. The van der Waals surface area contributed by atoms with Gasteiger partial charge in [0, 0.05) is 11.5 Å². The van der Waals surface area contributed by atoms with Gasteiger partial charge in [0.1, 0.15) is 23.9 Å². The Morgan fingerprint density at radius 2 is 1.47 bits per heavy atom. The van der Waals surface area contributed by atoms with Gasteiger partial charge in [0.2, 0.25) is 11.4 Å². The van der Waals surface area contributed by atoms with Crippen LogP contribution in [-0.2, 0) is 25.2 Å². The third kappa shape index (κ3) is 10.7. The first-order valence-corrected chi connectivity index (χ1v) is 19.5. The molecular weight excluding hydrogens is 689 g/mol. The van der Waals surface area contributed by atoms with E-state index in [9.17, 15) is 9.90 Å². The molecule has 0 unspecified atom stereocenters. The number of hydrogen-bond donors (Lipinski definition) is 3. The number of hydrogen-bond acceptors (Lipinski definition) is 8. The molecule has 9 nitrogen and oxygen atoms in total. The van der Waals surface area contributed by atoms with Crippen LogP contribution in [0.1, 0.15) is 78.9 Å². The van der Waals surface area contributed by atoms with E-state index in [1.54, 1.807) is 19.4 Å². The Labute approximate surface area is 324 Å². The molecule has 0 spiro atoms. The summed E-state index contributed by atoms with van der Waals surface area (Å²) in [4.78, 5) is 22.0. The van der Waals surface area contributed by atoms with Crippen molar-refractivity contribution in [2.75, 3.05) is 33.8 Å². The van der Waals surface area contributed by atoms with E-state index >= 15 is 0 Å². The highest BCUT2D eigenvalue weighted by atomic mass is 16.5. The third-order valence-electron chi connectivity index (χ3n) is 10.1. The third-order valence-corrected chi connectivity index (χ3v) is 10.1. The van der Waals surface area contributed by atoms with E-state index in [4.69, 9.17) is 13.9 Å². The summed E-state index contributed by atoms with van der Waals surface area (Å²) in [5.41, 5.74) is 2.80. The molecule has 6 rings (SSSR count). The maximum absolute atomic E-state index is 12.2. The number of oxazole rings is 1. The van der Waals surface area contributed by atoms with Gasteiger partial charge < -0.3 is 29.3 Å². The molecule has 0 radical (unpaired) electrons. The van der Waals surface area contributed by atoms with Crippen molar-refractivity contribution in [2.24, 2.45) is 0 Å². The van der Waals surface area contributed by atoms with Crippen LogP contribution >= 0.6 is 0 Å². The smallest absolute Gasteiger partial charge is 0.248 e. The van der Waals surface area contributed by atoms with Gasteiger partial charge in [0.05, 0.1) is 25.4 Å². The Hall–Kier alpha value is -5.22. The van der Waals surface area contributed by atoms with Gasteiger partial charge in [-0.15, -0.1) is 0 Å². The van der Waals surface area contributed by atoms with Crippen LogP contribution in [0.15, 0.2) is 125 Å². The van der Waals surface area contributed by atoms with Crippen LogP contribution in [0.2, 0.25) is 0 Å². The fraction of sp³-hybridized carbons (Fsp3) is 0.348. The second-order valence-electron chi connectivity index (χ2n) is 14.3. The molecule has 3 N–H and O–H groups in total. The van der Waals surface area contributed by atoms with E-state index in [0.717, 1.165) is 78.0 Å². The van der Waals surface area contributed by atoms with Crippen LogP contribution in [0.25, 0.3) is 10.9 Å². The fourth-order valence-corrected chi connectivity index (χ4v) is 7.04. The number of unbranched alkanes of at least 4 members (excludes halogenated alkanes) is 6. The Kier molecular flexibility index (Phi) is 14.3. The minimum atomic E-state index is -1.46. The molecule has 9 heteroatoms. The lowest BCUT2D eigenvalue weighted by molar-refractivity contribution is 0.0900. The molecule has 6 aromatic rings. The molecule has 55 heavy (non-hydrogen) atoms. The SMILES string of the molecule is COc1ccc(COc2ccc(CCNCCCCCCCCCN(C)Cc3cnc(C(O)(c4ccccc4)c4ccccc4)o3)c3ccc(=O)[nH]c23)cc1. The number of pyridine rings is 1. The summed E-state index contributed by atoms with van der Waals surface area (Å²) in [6.07, 6.45) is 11.1. The first-order chi connectivity index (χ1) is 26.9. The van der Waals surface area contributed by atoms with Crippen molar-refractivity contribution in [1.82, 2.24) is 20.2 Å². The average molecular weight is 743 g/mol. The van der Waals surface area contributed by atoms with E-state index < -0.39 is 5.60 Å². The summed E-state index contributed by atoms with van der Waals surface area (Å²) in [6, 6.07) is 34.5. The van der Waals surface area contributed by atoms with Crippen molar-refractivity contribution < 1.29 is 19.0 Å².